The van der Waals surface area contributed by atoms with Gasteiger partial charge >= 0.3 is 0 Å². The summed E-state index contributed by atoms with van der Waals surface area (Å²) < 4.78 is 42.5. The summed E-state index contributed by atoms with van der Waals surface area (Å²) in [5.74, 6) is -0.903. The molecule has 0 aliphatic rings. The zero-order chi connectivity index (χ0) is 9.35. The van der Waals surface area contributed by atoms with Crippen LogP contribution in [-0.4, -0.2) is 13.0 Å². The number of benzene rings is 1. The third-order valence-electron chi connectivity index (χ3n) is 1.43. The summed E-state index contributed by atoms with van der Waals surface area (Å²) >= 11 is 0. The minimum absolute atomic E-state index is 0.185. The van der Waals surface area contributed by atoms with Gasteiger partial charge in [-0.1, -0.05) is 12.1 Å². The topological polar surface area (TPSA) is 54.4 Å². The Hall–Kier alpha value is -0.940. The van der Waals surface area contributed by atoms with Crippen LogP contribution < -0.4 is 0 Å². The van der Waals surface area contributed by atoms with E-state index in [1.807, 2.05) is 0 Å². The number of rotatable bonds is 1. The highest BCUT2D eigenvalue weighted by Gasteiger charge is 2.16. The monoisotopic (exact) mass is 190 g/mol. The van der Waals surface area contributed by atoms with Crippen LogP contribution in [0.4, 0.5) is 4.39 Å². The van der Waals surface area contributed by atoms with Crippen molar-refractivity contribution in [2.45, 2.75) is 11.8 Å². The van der Waals surface area contributed by atoms with Crippen molar-refractivity contribution in [1.82, 2.24) is 0 Å². The Kier molecular flexibility index (Phi) is 2.16. The smallest absolute Gasteiger partial charge is 0.282 e. The Bertz CT molecular complexity index is 397. The Morgan fingerprint density at radius 2 is 2.00 bits per heavy atom. The van der Waals surface area contributed by atoms with Crippen molar-refractivity contribution in [3.05, 3.63) is 29.6 Å². The molecule has 1 N–H and O–H groups in total. The molecule has 0 unspecified atom stereocenters. The van der Waals surface area contributed by atoms with Crippen molar-refractivity contribution in [3.8, 4) is 0 Å². The highest BCUT2D eigenvalue weighted by Crippen LogP contribution is 2.16. The molecule has 3 nitrogen and oxygen atoms in total. The molecule has 5 heteroatoms. The molecular formula is C7H7FO3S. The van der Waals surface area contributed by atoms with Crippen molar-refractivity contribution in [3.63, 3.8) is 0 Å². The summed E-state index contributed by atoms with van der Waals surface area (Å²) in [4.78, 5) is -0.678. The molecule has 0 saturated carbocycles. The van der Waals surface area contributed by atoms with Gasteiger partial charge in [-0.2, -0.15) is 8.42 Å². The number of aryl methyl sites for hydroxylation is 1. The second-order valence-electron chi connectivity index (χ2n) is 2.36. The van der Waals surface area contributed by atoms with E-state index in [0.29, 0.717) is 0 Å². The van der Waals surface area contributed by atoms with Gasteiger partial charge in [-0.25, -0.2) is 4.39 Å². The third kappa shape index (κ3) is 1.62. The maximum absolute atomic E-state index is 13.0. The molecule has 0 bridgehead atoms. The Morgan fingerprint density at radius 3 is 2.42 bits per heavy atom. The molecule has 0 aliphatic carbocycles. The summed E-state index contributed by atoms with van der Waals surface area (Å²) in [6.07, 6.45) is 0. The first-order chi connectivity index (χ1) is 5.43. The van der Waals surface area contributed by atoms with E-state index < -0.39 is 20.8 Å². The van der Waals surface area contributed by atoms with Crippen molar-refractivity contribution < 1.29 is 17.4 Å². The molecule has 12 heavy (non-hydrogen) atoms. The minimum Gasteiger partial charge on any atom is -0.282 e. The SMILES string of the molecule is Cc1cccc(S(=O)(=O)O)c1F. The average molecular weight is 190 g/mol. The lowest BCUT2D eigenvalue weighted by atomic mass is 10.2. The normalized spacial score (nSPS) is 11.6. The van der Waals surface area contributed by atoms with E-state index >= 15 is 0 Å². The van der Waals surface area contributed by atoms with Gasteiger partial charge in [0.1, 0.15) is 10.7 Å². The van der Waals surface area contributed by atoms with Crippen molar-refractivity contribution in [1.29, 1.82) is 0 Å². The average Bonchev–Trinajstić information content (AvgIpc) is 1.92. The van der Waals surface area contributed by atoms with Gasteiger partial charge in [0.25, 0.3) is 10.1 Å². The van der Waals surface area contributed by atoms with Gasteiger partial charge in [0.2, 0.25) is 0 Å². The van der Waals surface area contributed by atoms with E-state index in [1.165, 1.54) is 19.1 Å². The van der Waals surface area contributed by atoms with Crippen molar-refractivity contribution >= 4 is 10.1 Å². The Labute approximate surface area is 69.6 Å². The number of hydrogen-bond acceptors (Lipinski definition) is 2. The number of hydrogen-bond donors (Lipinski definition) is 1. The molecule has 0 atom stereocenters. The van der Waals surface area contributed by atoms with Crippen LogP contribution in [0.2, 0.25) is 0 Å². The fourth-order valence-corrected chi connectivity index (χ4v) is 1.46. The molecule has 0 radical (unpaired) electrons. The second kappa shape index (κ2) is 2.84. The van der Waals surface area contributed by atoms with E-state index in [0.717, 1.165) is 6.07 Å². The van der Waals surface area contributed by atoms with Crippen molar-refractivity contribution in [2.24, 2.45) is 0 Å². The summed E-state index contributed by atoms with van der Waals surface area (Å²) in [7, 11) is -4.43. The lowest BCUT2D eigenvalue weighted by Crippen LogP contribution is -2.02. The van der Waals surface area contributed by atoms with Crippen LogP contribution in [-0.2, 0) is 10.1 Å². The zero-order valence-corrected chi connectivity index (χ0v) is 7.10. The van der Waals surface area contributed by atoms with Gasteiger partial charge in [0.05, 0.1) is 0 Å². The quantitative estimate of drug-likeness (QED) is 0.680. The molecule has 0 amide bonds. The lowest BCUT2D eigenvalue weighted by molar-refractivity contribution is 0.472. The molecule has 0 aliphatic heterocycles. The zero-order valence-electron chi connectivity index (χ0n) is 6.28. The molecule has 1 rings (SSSR count). The second-order valence-corrected chi connectivity index (χ2v) is 3.75. The van der Waals surface area contributed by atoms with Gasteiger partial charge < -0.3 is 0 Å². The van der Waals surface area contributed by atoms with Crippen LogP contribution in [0.5, 0.6) is 0 Å². The predicted octanol–water partition coefficient (Wildman–Crippen LogP) is 1.38. The molecule has 0 heterocycles. The highest BCUT2D eigenvalue weighted by atomic mass is 32.2. The van der Waals surface area contributed by atoms with E-state index in [9.17, 15) is 12.8 Å². The van der Waals surface area contributed by atoms with E-state index in [4.69, 9.17) is 4.55 Å². The van der Waals surface area contributed by atoms with Crippen LogP contribution in [0.15, 0.2) is 23.1 Å². The van der Waals surface area contributed by atoms with Gasteiger partial charge in [0.15, 0.2) is 0 Å². The van der Waals surface area contributed by atoms with Crippen LogP contribution in [0.1, 0.15) is 5.56 Å². The first-order valence-electron chi connectivity index (χ1n) is 3.15. The summed E-state index contributed by atoms with van der Waals surface area (Å²) in [5.41, 5.74) is 0.185. The molecule has 0 aromatic heterocycles. The fourth-order valence-electron chi connectivity index (χ4n) is 0.820. The van der Waals surface area contributed by atoms with Crippen molar-refractivity contribution in [2.75, 3.05) is 0 Å². The molecule has 1 aromatic carbocycles. The van der Waals surface area contributed by atoms with Gasteiger partial charge in [-0.3, -0.25) is 4.55 Å². The highest BCUT2D eigenvalue weighted by molar-refractivity contribution is 7.85. The van der Waals surface area contributed by atoms with Gasteiger partial charge in [0, 0.05) is 0 Å². The van der Waals surface area contributed by atoms with Crippen LogP contribution in [0.25, 0.3) is 0 Å². The van der Waals surface area contributed by atoms with Crippen LogP contribution >= 0.6 is 0 Å². The predicted molar refractivity (Wildman–Crippen MR) is 41.0 cm³/mol. The molecule has 0 fully saturated rings. The van der Waals surface area contributed by atoms with Crippen LogP contribution in [0.3, 0.4) is 0 Å². The maximum atomic E-state index is 13.0. The molecule has 1 aromatic rings. The molecular weight excluding hydrogens is 183 g/mol. The fraction of sp³-hybridized carbons (Fsp3) is 0.143. The summed E-state index contributed by atoms with van der Waals surface area (Å²) in [6.45, 7) is 1.42. The first kappa shape index (κ1) is 9.15. The first-order valence-corrected chi connectivity index (χ1v) is 4.59. The van der Waals surface area contributed by atoms with Gasteiger partial charge in [-0.05, 0) is 18.6 Å². The molecule has 0 spiro atoms. The maximum Gasteiger partial charge on any atom is 0.297 e. The van der Waals surface area contributed by atoms with Gasteiger partial charge in [-0.15, -0.1) is 0 Å². The molecule has 0 saturated heterocycles. The largest absolute Gasteiger partial charge is 0.297 e. The summed E-state index contributed by atoms with van der Waals surface area (Å²) in [5, 5.41) is 0. The third-order valence-corrected chi connectivity index (χ3v) is 2.31. The number of halogens is 1. The van der Waals surface area contributed by atoms with E-state index in [2.05, 4.69) is 0 Å². The Morgan fingerprint density at radius 1 is 1.42 bits per heavy atom. The van der Waals surface area contributed by atoms with Crippen LogP contribution in [0, 0.1) is 12.7 Å². The van der Waals surface area contributed by atoms with E-state index in [-0.39, 0.29) is 5.56 Å². The minimum atomic E-state index is -4.43. The van der Waals surface area contributed by atoms with E-state index in [1.54, 1.807) is 0 Å². The standard InChI is InChI=1S/C7H7FO3S/c1-5-3-2-4-6(7(5)8)12(9,10)11/h2-4H,1H3,(H,9,10,11). The summed E-state index contributed by atoms with van der Waals surface area (Å²) in [6, 6.07) is 3.79. The lowest BCUT2D eigenvalue weighted by Gasteiger charge is -2.00. The Balaban J connectivity index is 3.47. The molecule has 66 valence electrons.